The van der Waals surface area contributed by atoms with E-state index < -0.39 is 0 Å². The summed E-state index contributed by atoms with van der Waals surface area (Å²) < 4.78 is 13.6. The number of hydrogen-bond acceptors (Lipinski definition) is 4. The van der Waals surface area contributed by atoms with Crippen LogP contribution in [0.2, 0.25) is 0 Å². The van der Waals surface area contributed by atoms with E-state index in [-0.39, 0.29) is 12.1 Å². The van der Waals surface area contributed by atoms with Crippen molar-refractivity contribution in [3.8, 4) is 0 Å². The van der Waals surface area contributed by atoms with Gasteiger partial charge >= 0.3 is 6.03 Å². The number of rotatable bonds is 5. The number of nitrogens with zero attached hydrogens (tertiary/aromatic N) is 3. The van der Waals surface area contributed by atoms with Gasteiger partial charge in [-0.2, -0.15) is 0 Å². The molecule has 0 aliphatic carbocycles. The number of hydrogen-bond donors (Lipinski definition) is 1. The van der Waals surface area contributed by atoms with Crippen LogP contribution in [0.15, 0.2) is 40.8 Å². The Labute approximate surface area is 164 Å². The SMILES string of the molecule is CCc1ccc(C2COCCN2C(=O)NCCn2c(C)nc3ccccc32)o1. The molecule has 0 spiro atoms. The largest absolute Gasteiger partial charge is 0.464 e. The molecule has 1 fully saturated rings. The summed E-state index contributed by atoms with van der Waals surface area (Å²) in [5.74, 6) is 2.65. The Balaban J connectivity index is 1.41. The predicted octanol–water partition coefficient (Wildman–Crippen LogP) is 3.28. The summed E-state index contributed by atoms with van der Waals surface area (Å²) in [6.45, 7) is 6.78. The Hall–Kier alpha value is -2.80. The van der Waals surface area contributed by atoms with Crippen LogP contribution < -0.4 is 5.32 Å². The number of fused-ring (bicyclic) bond motifs is 1. The van der Waals surface area contributed by atoms with E-state index in [9.17, 15) is 4.79 Å². The average Bonchev–Trinajstić information content (AvgIpc) is 3.32. The normalized spacial score (nSPS) is 17.2. The van der Waals surface area contributed by atoms with E-state index in [1.165, 1.54) is 0 Å². The Morgan fingerprint density at radius 2 is 2.14 bits per heavy atom. The first-order chi connectivity index (χ1) is 13.7. The maximum atomic E-state index is 12.8. The lowest BCUT2D eigenvalue weighted by Crippen LogP contribution is -2.48. The summed E-state index contributed by atoms with van der Waals surface area (Å²) in [6, 6.07) is 11.7. The fraction of sp³-hybridized carbons (Fsp3) is 0.429. The van der Waals surface area contributed by atoms with Crippen molar-refractivity contribution in [3.63, 3.8) is 0 Å². The van der Waals surface area contributed by atoms with E-state index in [0.717, 1.165) is 34.8 Å². The van der Waals surface area contributed by atoms with E-state index in [4.69, 9.17) is 9.15 Å². The van der Waals surface area contributed by atoms with Crippen molar-refractivity contribution in [2.24, 2.45) is 0 Å². The molecule has 1 saturated heterocycles. The molecule has 1 N–H and O–H groups in total. The van der Waals surface area contributed by atoms with Crippen LogP contribution in [0, 0.1) is 6.92 Å². The third-order valence-corrected chi connectivity index (χ3v) is 5.21. The van der Waals surface area contributed by atoms with Crippen LogP contribution in [0.1, 0.15) is 30.3 Å². The Morgan fingerprint density at radius 3 is 2.96 bits per heavy atom. The molecule has 1 aliphatic rings. The molecular weight excluding hydrogens is 356 g/mol. The number of nitrogens with one attached hydrogen (secondary N) is 1. The van der Waals surface area contributed by atoms with Crippen LogP contribution >= 0.6 is 0 Å². The minimum atomic E-state index is -0.190. The highest BCUT2D eigenvalue weighted by Crippen LogP contribution is 2.26. The molecule has 28 heavy (non-hydrogen) atoms. The fourth-order valence-corrected chi connectivity index (χ4v) is 3.70. The summed E-state index contributed by atoms with van der Waals surface area (Å²) in [5, 5.41) is 3.04. The summed E-state index contributed by atoms with van der Waals surface area (Å²) in [5.41, 5.74) is 2.06. The van der Waals surface area contributed by atoms with E-state index in [1.54, 1.807) is 4.90 Å². The number of morpholine rings is 1. The molecule has 2 amide bonds. The van der Waals surface area contributed by atoms with Crippen molar-refractivity contribution >= 4 is 17.1 Å². The first kappa shape index (κ1) is 18.6. The number of aryl methyl sites for hydroxylation is 2. The van der Waals surface area contributed by atoms with Gasteiger partial charge in [0.05, 0.1) is 24.2 Å². The maximum Gasteiger partial charge on any atom is 0.318 e. The number of benzene rings is 1. The first-order valence-electron chi connectivity index (χ1n) is 9.80. The Bertz CT molecular complexity index is 962. The topological polar surface area (TPSA) is 72.5 Å². The van der Waals surface area contributed by atoms with Gasteiger partial charge in [0.1, 0.15) is 23.4 Å². The average molecular weight is 382 g/mol. The summed E-state index contributed by atoms with van der Waals surface area (Å²) in [6.07, 6.45) is 0.831. The second-order valence-electron chi connectivity index (χ2n) is 6.97. The lowest BCUT2D eigenvalue weighted by molar-refractivity contribution is 0.00400. The quantitative estimate of drug-likeness (QED) is 0.735. The van der Waals surface area contributed by atoms with Gasteiger partial charge in [-0.3, -0.25) is 0 Å². The lowest BCUT2D eigenvalue weighted by Gasteiger charge is -2.34. The van der Waals surface area contributed by atoms with E-state index >= 15 is 0 Å². The van der Waals surface area contributed by atoms with Crippen molar-refractivity contribution in [2.75, 3.05) is 26.3 Å². The van der Waals surface area contributed by atoms with Gasteiger partial charge in [0.2, 0.25) is 0 Å². The number of aromatic nitrogens is 2. The Kier molecular flexibility index (Phi) is 5.34. The number of ether oxygens (including phenoxy) is 1. The summed E-state index contributed by atoms with van der Waals surface area (Å²) >= 11 is 0. The molecule has 7 heteroatoms. The van der Waals surface area contributed by atoms with Gasteiger partial charge in [0.15, 0.2) is 0 Å². The van der Waals surface area contributed by atoms with Crippen molar-refractivity contribution < 1.29 is 13.9 Å². The standard InChI is InChI=1S/C21H26N4O3/c1-3-16-8-9-20(28-16)19-14-27-13-12-25(19)21(26)22-10-11-24-15(2)23-17-6-4-5-7-18(17)24/h4-9,19H,3,10-14H2,1-2H3,(H,22,26). The first-order valence-corrected chi connectivity index (χ1v) is 9.80. The van der Waals surface area contributed by atoms with E-state index in [2.05, 4.69) is 20.9 Å². The lowest BCUT2D eigenvalue weighted by atomic mass is 10.2. The molecule has 1 aliphatic heterocycles. The molecule has 4 rings (SSSR count). The van der Waals surface area contributed by atoms with Crippen LogP contribution in [-0.2, 0) is 17.7 Å². The van der Waals surface area contributed by atoms with Crippen LogP contribution in [0.4, 0.5) is 4.79 Å². The molecular formula is C21H26N4O3. The molecule has 7 nitrogen and oxygen atoms in total. The van der Waals surface area contributed by atoms with Crippen molar-refractivity contribution in [3.05, 3.63) is 53.7 Å². The number of carbonyl (C=O) groups excluding carboxylic acids is 1. The molecule has 148 valence electrons. The van der Waals surface area contributed by atoms with Gasteiger partial charge in [0.25, 0.3) is 0 Å². The van der Waals surface area contributed by atoms with Crippen molar-refractivity contribution in [2.45, 2.75) is 32.9 Å². The zero-order valence-electron chi connectivity index (χ0n) is 16.4. The number of para-hydroxylation sites is 2. The molecule has 1 aromatic carbocycles. The van der Waals surface area contributed by atoms with Crippen LogP contribution in [0.25, 0.3) is 11.0 Å². The van der Waals surface area contributed by atoms with Gasteiger partial charge in [-0.25, -0.2) is 9.78 Å². The third-order valence-electron chi connectivity index (χ3n) is 5.21. The molecule has 2 aromatic heterocycles. The fourth-order valence-electron chi connectivity index (χ4n) is 3.70. The summed E-state index contributed by atoms with van der Waals surface area (Å²) in [4.78, 5) is 19.2. The molecule has 0 bridgehead atoms. The highest BCUT2D eigenvalue weighted by molar-refractivity contribution is 5.76. The molecule has 3 aromatic rings. The van der Waals surface area contributed by atoms with Gasteiger partial charge in [0, 0.05) is 26.1 Å². The maximum absolute atomic E-state index is 12.8. The number of amides is 2. The van der Waals surface area contributed by atoms with Gasteiger partial charge in [-0.1, -0.05) is 19.1 Å². The molecule has 1 unspecified atom stereocenters. The number of carbonyl (C=O) groups is 1. The number of imidazole rings is 1. The minimum Gasteiger partial charge on any atom is -0.464 e. The highest BCUT2D eigenvalue weighted by atomic mass is 16.5. The monoisotopic (exact) mass is 382 g/mol. The number of urea groups is 1. The highest BCUT2D eigenvalue weighted by Gasteiger charge is 2.30. The molecule has 0 saturated carbocycles. The zero-order valence-corrected chi connectivity index (χ0v) is 16.4. The van der Waals surface area contributed by atoms with E-state index in [0.29, 0.717) is 32.8 Å². The molecule has 1 atom stereocenters. The second-order valence-corrected chi connectivity index (χ2v) is 6.97. The predicted molar refractivity (Wildman–Crippen MR) is 106 cm³/mol. The molecule has 3 heterocycles. The van der Waals surface area contributed by atoms with Crippen molar-refractivity contribution in [1.29, 1.82) is 0 Å². The van der Waals surface area contributed by atoms with Gasteiger partial charge in [-0.15, -0.1) is 0 Å². The van der Waals surface area contributed by atoms with Crippen LogP contribution in [-0.4, -0.2) is 46.8 Å². The van der Waals surface area contributed by atoms with Gasteiger partial charge in [-0.05, 0) is 31.2 Å². The smallest absolute Gasteiger partial charge is 0.318 e. The summed E-state index contributed by atoms with van der Waals surface area (Å²) in [7, 11) is 0. The van der Waals surface area contributed by atoms with Gasteiger partial charge < -0.3 is 23.9 Å². The second kappa shape index (κ2) is 8.06. The van der Waals surface area contributed by atoms with Crippen LogP contribution in [0.3, 0.4) is 0 Å². The third kappa shape index (κ3) is 3.62. The minimum absolute atomic E-state index is 0.0928. The van der Waals surface area contributed by atoms with Crippen molar-refractivity contribution in [1.82, 2.24) is 19.8 Å². The zero-order chi connectivity index (χ0) is 19.5. The Morgan fingerprint density at radius 1 is 1.29 bits per heavy atom. The van der Waals surface area contributed by atoms with E-state index in [1.807, 2.05) is 44.2 Å². The molecule has 0 radical (unpaired) electrons. The number of furan rings is 1. The van der Waals surface area contributed by atoms with Crippen LogP contribution in [0.5, 0.6) is 0 Å².